The third kappa shape index (κ3) is 7.15. The molecule has 4 N–H and O–H groups in total. The number of aliphatic imine (C=N–C) groups is 1. The summed E-state index contributed by atoms with van der Waals surface area (Å²) in [5.74, 6) is 0. The van der Waals surface area contributed by atoms with Gasteiger partial charge in [-0.15, -0.1) is 0 Å². The average molecular weight is 766 g/mol. The molecule has 0 aliphatic heterocycles. The Kier molecular flexibility index (Phi) is 10.9. The summed E-state index contributed by atoms with van der Waals surface area (Å²) in [7, 11) is 0. The van der Waals surface area contributed by atoms with Crippen LogP contribution < -0.4 is 11.5 Å². The second-order valence-electron chi connectivity index (χ2n) is 14.2. The Morgan fingerprint density at radius 3 is 1.51 bits per heavy atom. The first kappa shape index (κ1) is 38.3. The number of aromatic nitrogens is 2. The second-order valence-corrected chi connectivity index (χ2v) is 14.2. The van der Waals surface area contributed by atoms with Crippen molar-refractivity contribution in [3.05, 3.63) is 211 Å². The second kappa shape index (κ2) is 16.8. The lowest BCUT2D eigenvalue weighted by Gasteiger charge is -2.11. The minimum atomic E-state index is 0.645. The van der Waals surface area contributed by atoms with E-state index >= 15 is 0 Å². The van der Waals surface area contributed by atoms with Crippen LogP contribution in [-0.4, -0.2) is 15.9 Å². The minimum Gasteiger partial charge on any atom is -0.398 e. The van der Waals surface area contributed by atoms with Gasteiger partial charge in [0.05, 0.1) is 33.5 Å². The topological polar surface area (TPSA) is 74.3 Å². The first-order valence-electron chi connectivity index (χ1n) is 20.1. The Labute approximate surface area is 345 Å². The van der Waals surface area contributed by atoms with Crippen LogP contribution in [0.3, 0.4) is 0 Å². The summed E-state index contributed by atoms with van der Waals surface area (Å²) in [6.45, 7) is 9.71. The molecule has 5 heteroatoms. The number of nitrogens with zero attached hydrogens (tertiary/aromatic N) is 3. The molecule has 0 saturated heterocycles. The Hall–Kier alpha value is -7.63. The Balaban J connectivity index is 0.000000214. The van der Waals surface area contributed by atoms with Gasteiger partial charge in [-0.2, -0.15) is 0 Å². The van der Waals surface area contributed by atoms with Gasteiger partial charge in [0.15, 0.2) is 0 Å². The number of anilines is 1. The number of benzene rings is 8. The average Bonchev–Trinajstić information content (AvgIpc) is 3.82. The highest BCUT2D eigenvalue weighted by Crippen LogP contribution is 2.39. The molecule has 0 saturated carbocycles. The molecule has 10 rings (SSSR count). The van der Waals surface area contributed by atoms with Gasteiger partial charge in [-0.1, -0.05) is 147 Å². The molecule has 0 bridgehead atoms. The number of hydrogen-bond donors (Lipinski definition) is 2. The predicted molar refractivity (Wildman–Crippen MR) is 254 cm³/mol. The van der Waals surface area contributed by atoms with Crippen molar-refractivity contribution in [3.8, 4) is 22.5 Å². The van der Waals surface area contributed by atoms with Gasteiger partial charge in [-0.25, -0.2) is 0 Å². The van der Waals surface area contributed by atoms with Crippen LogP contribution in [0.15, 0.2) is 199 Å². The number of nitrogen functional groups attached to an aromatic ring is 1. The van der Waals surface area contributed by atoms with E-state index in [0.717, 1.165) is 33.8 Å². The molecule has 0 unspecified atom stereocenters. The SMILES string of the molecule is C=N/C(=C(\N)c1ccccc1)c1ccccc1.CC.Cc1c(N)ccc2c3cc(-c4ccc5c(c4)c4ccccc4n5-c4ccccc4)ccc3n(-c3ccccc3)c12. The number of para-hydroxylation sites is 3. The van der Waals surface area contributed by atoms with E-state index < -0.39 is 0 Å². The maximum atomic E-state index is 6.40. The van der Waals surface area contributed by atoms with Crippen molar-refractivity contribution in [1.82, 2.24) is 9.13 Å². The largest absolute Gasteiger partial charge is 0.398 e. The number of aryl methyl sites for hydroxylation is 1. The number of rotatable bonds is 6. The molecular formula is C54H47N5. The van der Waals surface area contributed by atoms with Crippen molar-refractivity contribution in [2.45, 2.75) is 20.8 Å². The summed E-state index contributed by atoms with van der Waals surface area (Å²) in [6.07, 6.45) is 0. The maximum Gasteiger partial charge on any atom is 0.0930 e. The summed E-state index contributed by atoms with van der Waals surface area (Å²) in [4.78, 5) is 4.04. The summed E-state index contributed by atoms with van der Waals surface area (Å²) < 4.78 is 4.70. The Morgan fingerprint density at radius 2 is 0.932 bits per heavy atom. The summed E-state index contributed by atoms with van der Waals surface area (Å²) in [5.41, 5.74) is 27.2. The molecule has 0 aliphatic rings. The van der Waals surface area contributed by atoms with Crippen LogP contribution in [0.2, 0.25) is 0 Å². The molecule has 0 spiro atoms. The predicted octanol–water partition coefficient (Wildman–Crippen LogP) is 13.6. The fourth-order valence-electron chi connectivity index (χ4n) is 8.00. The van der Waals surface area contributed by atoms with Crippen molar-refractivity contribution in [1.29, 1.82) is 0 Å². The van der Waals surface area contributed by atoms with Crippen molar-refractivity contribution in [2.24, 2.45) is 10.7 Å². The molecule has 0 fully saturated rings. The van der Waals surface area contributed by atoms with E-state index in [9.17, 15) is 0 Å². The molecular weight excluding hydrogens is 719 g/mol. The van der Waals surface area contributed by atoms with Crippen LogP contribution in [0.4, 0.5) is 5.69 Å². The number of fused-ring (bicyclic) bond motifs is 6. The monoisotopic (exact) mass is 765 g/mol. The molecule has 0 radical (unpaired) electrons. The van der Waals surface area contributed by atoms with E-state index in [2.05, 4.69) is 155 Å². The highest BCUT2D eigenvalue weighted by Gasteiger charge is 2.18. The summed E-state index contributed by atoms with van der Waals surface area (Å²) in [6, 6.07) is 67.3. The van der Waals surface area contributed by atoms with E-state index in [0.29, 0.717) is 5.70 Å². The van der Waals surface area contributed by atoms with Gasteiger partial charge in [0.1, 0.15) is 0 Å². The van der Waals surface area contributed by atoms with Crippen LogP contribution in [0, 0.1) is 6.92 Å². The third-order valence-corrected chi connectivity index (χ3v) is 10.8. The van der Waals surface area contributed by atoms with Gasteiger partial charge in [0.25, 0.3) is 0 Å². The molecule has 2 heterocycles. The standard InChI is InChI=1S/C37H27N3.C15H14N2.C2H6/c1-24-33(38)19-18-30-32-23-26(17-21-36(32)40(37(24)30)28-12-6-3-7-13-28)25-16-20-35-31(22-25)29-14-8-9-15-34(29)39(35)27-10-4-2-5-11-27;1-17-15(13-10-6-3-7-11-13)14(16)12-8-4-2-5-9-12;1-2/h2-23H,38H2,1H3;2-11H,1,16H2;1-2H3/b;15-14-;. The quantitative estimate of drug-likeness (QED) is 0.100. The fraction of sp³-hybridized carbons (Fsp3) is 0.0556. The molecule has 288 valence electrons. The maximum absolute atomic E-state index is 6.40. The number of nitrogens with two attached hydrogens (primary N) is 2. The zero-order chi connectivity index (χ0) is 40.9. The van der Waals surface area contributed by atoms with Crippen molar-refractivity contribution < 1.29 is 0 Å². The van der Waals surface area contributed by atoms with Crippen LogP contribution in [0.5, 0.6) is 0 Å². The summed E-state index contributed by atoms with van der Waals surface area (Å²) in [5, 5.41) is 4.96. The lowest BCUT2D eigenvalue weighted by molar-refractivity contribution is 1.17. The number of hydrogen-bond acceptors (Lipinski definition) is 3. The van der Waals surface area contributed by atoms with Gasteiger partial charge in [-0.05, 0) is 96.6 Å². The van der Waals surface area contributed by atoms with Crippen LogP contribution in [0.1, 0.15) is 30.5 Å². The highest BCUT2D eigenvalue weighted by molar-refractivity contribution is 6.13. The first-order chi connectivity index (χ1) is 29.0. The molecule has 0 atom stereocenters. The molecule has 10 aromatic rings. The first-order valence-corrected chi connectivity index (χ1v) is 20.1. The molecule has 59 heavy (non-hydrogen) atoms. The van der Waals surface area contributed by atoms with E-state index in [4.69, 9.17) is 11.5 Å². The van der Waals surface area contributed by atoms with E-state index in [1.807, 2.05) is 80.6 Å². The van der Waals surface area contributed by atoms with E-state index in [1.165, 1.54) is 60.4 Å². The lowest BCUT2D eigenvalue weighted by atomic mass is 10.00. The van der Waals surface area contributed by atoms with E-state index in [-0.39, 0.29) is 0 Å². The molecule has 8 aromatic carbocycles. The Morgan fingerprint density at radius 1 is 0.475 bits per heavy atom. The van der Waals surface area contributed by atoms with Gasteiger partial charge in [0.2, 0.25) is 0 Å². The third-order valence-electron chi connectivity index (χ3n) is 10.8. The highest BCUT2D eigenvalue weighted by atomic mass is 15.0. The Bertz CT molecular complexity index is 3090. The summed E-state index contributed by atoms with van der Waals surface area (Å²) >= 11 is 0. The molecule has 0 aliphatic carbocycles. The van der Waals surface area contributed by atoms with Crippen LogP contribution >= 0.6 is 0 Å². The van der Waals surface area contributed by atoms with Crippen LogP contribution in [-0.2, 0) is 0 Å². The van der Waals surface area contributed by atoms with Gasteiger partial charge in [0, 0.05) is 44.2 Å². The molecule has 5 nitrogen and oxygen atoms in total. The van der Waals surface area contributed by atoms with Gasteiger partial charge >= 0.3 is 0 Å². The molecule has 0 amide bonds. The van der Waals surface area contributed by atoms with Crippen molar-refractivity contribution in [2.75, 3.05) is 5.73 Å². The normalized spacial score (nSPS) is 11.4. The van der Waals surface area contributed by atoms with Crippen LogP contribution in [0.25, 0.3) is 77.5 Å². The fourth-order valence-corrected chi connectivity index (χ4v) is 8.00. The van der Waals surface area contributed by atoms with E-state index in [1.54, 1.807) is 0 Å². The minimum absolute atomic E-state index is 0.645. The zero-order valence-corrected chi connectivity index (χ0v) is 33.7. The smallest absolute Gasteiger partial charge is 0.0930 e. The van der Waals surface area contributed by atoms with Gasteiger partial charge < -0.3 is 20.6 Å². The lowest BCUT2D eigenvalue weighted by Crippen LogP contribution is -2.00. The van der Waals surface area contributed by atoms with Gasteiger partial charge in [-0.3, -0.25) is 4.99 Å². The van der Waals surface area contributed by atoms with Crippen molar-refractivity contribution in [3.63, 3.8) is 0 Å². The molecule has 2 aromatic heterocycles. The van der Waals surface area contributed by atoms with Crippen molar-refractivity contribution >= 4 is 67.4 Å². The zero-order valence-electron chi connectivity index (χ0n) is 33.7.